The normalized spacial score (nSPS) is 23.5. The van der Waals surface area contributed by atoms with E-state index in [4.69, 9.17) is 9.97 Å². The molecule has 0 spiro atoms. The van der Waals surface area contributed by atoms with Crippen LogP contribution in [0.15, 0.2) is 36.5 Å². The van der Waals surface area contributed by atoms with Gasteiger partial charge in [0.25, 0.3) is 0 Å². The van der Waals surface area contributed by atoms with Crippen LogP contribution in [0.4, 0.5) is 0 Å². The van der Waals surface area contributed by atoms with Crippen molar-refractivity contribution in [3.8, 4) is 5.75 Å². The van der Waals surface area contributed by atoms with Gasteiger partial charge in [-0.2, -0.15) is 0 Å². The van der Waals surface area contributed by atoms with Crippen molar-refractivity contribution < 1.29 is 5.11 Å². The molecule has 2 aliphatic rings. The number of piperazine rings is 1. The van der Waals surface area contributed by atoms with Gasteiger partial charge in [0.15, 0.2) is 5.65 Å². The van der Waals surface area contributed by atoms with Crippen LogP contribution in [0.25, 0.3) is 11.2 Å². The molecule has 3 atom stereocenters. The Bertz CT molecular complexity index is 1250. The van der Waals surface area contributed by atoms with Crippen LogP contribution in [0.2, 0.25) is 0 Å². The number of rotatable bonds is 8. The average Bonchev–Trinajstić information content (AvgIpc) is 3.22. The molecular weight excluding hydrogens is 486 g/mol. The lowest BCUT2D eigenvalue weighted by atomic mass is 9.79. The van der Waals surface area contributed by atoms with Gasteiger partial charge in [-0.05, 0) is 76.5 Å². The molecule has 0 saturated carbocycles. The molecule has 0 aliphatic carbocycles. The van der Waals surface area contributed by atoms with Crippen molar-refractivity contribution in [2.45, 2.75) is 76.7 Å². The number of phenolic OH excluding ortho intramolecular Hbond substituents is 1. The van der Waals surface area contributed by atoms with Crippen LogP contribution in [0.3, 0.4) is 0 Å². The monoisotopic (exact) mass is 533 g/mol. The lowest BCUT2D eigenvalue weighted by Gasteiger charge is -2.46. The SMILES string of the molecule is CCC[C@H](c1nc2cc(CN3CCC(c4cccc(O)c4)(N(C)C)CC3)cnc2n1C)N1C[C@@H](C)N[C@@H](C)C1. The Kier molecular flexibility index (Phi) is 8.29. The maximum absolute atomic E-state index is 10.1. The molecule has 1 aromatic carbocycles. The molecule has 2 aliphatic heterocycles. The number of nitrogens with zero attached hydrogens (tertiary/aromatic N) is 6. The first kappa shape index (κ1) is 28.0. The number of pyridine rings is 1. The van der Waals surface area contributed by atoms with Crippen molar-refractivity contribution in [2.24, 2.45) is 7.05 Å². The Morgan fingerprint density at radius 1 is 1.13 bits per heavy atom. The minimum absolute atomic E-state index is 0.0550. The van der Waals surface area contributed by atoms with E-state index in [9.17, 15) is 5.11 Å². The highest BCUT2D eigenvalue weighted by Crippen LogP contribution is 2.39. The molecule has 2 N–H and O–H groups in total. The van der Waals surface area contributed by atoms with E-state index in [0.717, 1.165) is 75.4 Å². The van der Waals surface area contributed by atoms with Gasteiger partial charge in [-0.3, -0.25) is 14.7 Å². The van der Waals surface area contributed by atoms with Crippen LogP contribution in [0.5, 0.6) is 5.75 Å². The molecule has 2 aromatic heterocycles. The number of hydrogen-bond donors (Lipinski definition) is 2. The zero-order valence-corrected chi connectivity index (χ0v) is 24.7. The van der Waals surface area contributed by atoms with E-state index in [1.165, 1.54) is 11.1 Å². The van der Waals surface area contributed by atoms with Gasteiger partial charge in [-0.1, -0.05) is 25.5 Å². The first-order chi connectivity index (χ1) is 18.7. The van der Waals surface area contributed by atoms with Gasteiger partial charge >= 0.3 is 0 Å². The highest BCUT2D eigenvalue weighted by molar-refractivity contribution is 5.72. The number of fused-ring (bicyclic) bond motifs is 1. The quantitative estimate of drug-likeness (QED) is 0.449. The van der Waals surface area contributed by atoms with Crippen molar-refractivity contribution in [3.63, 3.8) is 0 Å². The number of piperidine rings is 1. The van der Waals surface area contributed by atoms with Gasteiger partial charge in [0.2, 0.25) is 0 Å². The predicted molar refractivity (Wildman–Crippen MR) is 158 cm³/mol. The molecule has 5 rings (SSSR count). The fourth-order valence-electron chi connectivity index (χ4n) is 7.02. The Labute approximate surface area is 234 Å². The van der Waals surface area contributed by atoms with E-state index in [2.05, 4.69) is 78.6 Å². The van der Waals surface area contributed by atoms with E-state index >= 15 is 0 Å². The van der Waals surface area contributed by atoms with Crippen LogP contribution < -0.4 is 5.32 Å². The van der Waals surface area contributed by atoms with E-state index in [1.807, 2.05) is 18.3 Å². The second-order valence-electron chi connectivity index (χ2n) is 12.2. The first-order valence-corrected chi connectivity index (χ1v) is 14.7. The van der Waals surface area contributed by atoms with Gasteiger partial charge in [0.05, 0.1) is 6.04 Å². The van der Waals surface area contributed by atoms with E-state index in [-0.39, 0.29) is 5.54 Å². The molecule has 8 nitrogen and oxygen atoms in total. The van der Waals surface area contributed by atoms with Crippen molar-refractivity contribution in [2.75, 3.05) is 40.3 Å². The minimum atomic E-state index is -0.0550. The summed E-state index contributed by atoms with van der Waals surface area (Å²) in [6.45, 7) is 11.8. The zero-order valence-electron chi connectivity index (χ0n) is 24.7. The molecular formula is C31H47N7O. The maximum atomic E-state index is 10.1. The highest BCUT2D eigenvalue weighted by Gasteiger charge is 2.38. The van der Waals surface area contributed by atoms with Gasteiger partial charge in [0.1, 0.15) is 17.1 Å². The molecule has 8 heteroatoms. The van der Waals surface area contributed by atoms with Crippen molar-refractivity contribution in [1.29, 1.82) is 0 Å². The number of aryl methyl sites for hydroxylation is 1. The third-order valence-corrected chi connectivity index (χ3v) is 9.02. The molecule has 0 amide bonds. The fraction of sp³-hybridized carbons (Fsp3) is 0.613. The summed E-state index contributed by atoms with van der Waals surface area (Å²) in [5.41, 5.74) is 4.34. The maximum Gasteiger partial charge on any atom is 0.159 e. The summed E-state index contributed by atoms with van der Waals surface area (Å²) in [6.07, 6.45) is 6.32. The van der Waals surface area contributed by atoms with Crippen LogP contribution in [-0.2, 0) is 19.1 Å². The largest absolute Gasteiger partial charge is 0.508 e. The molecule has 39 heavy (non-hydrogen) atoms. The molecule has 3 aromatic rings. The fourth-order valence-corrected chi connectivity index (χ4v) is 7.02. The lowest BCUT2D eigenvalue weighted by molar-refractivity contribution is 0.0505. The number of nitrogens with one attached hydrogen (secondary N) is 1. The number of hydrogen-bond acceptors (Lipinski definition) is 7. The summed E-state index contributed by atoms with van der Waals surface area (Å²) in [6, 6.07) is 11.3. The summed E-state index contributed by atoms with van der Waals surface area (Å²) in [5.74, 6) is 1.48. The van der Waals surface area contributed by atoms with Crippen molar-refractivity contribution in [3.05, 3.63) is 53.5 Å². The average molecular weight is 534 g/mol. The summed E-state index contributed by atoms with van der Waals surface area (Å²) in [4.78, 5) is 17.6. The van der Waals surface area contributed by atoms with Crippen molar-refractivity contribution >= 4 is 11.2 Å². The lowest BCUT2D eigenvalue weighted by Crippen LogP contribution is -2.55. The number of benzene rings is 1. The molecule has 0 unspecified atom stereocenters. The molecule has 212 valence electrons. The Hall–Kier alpha value is -2.52. The second kappa shape index (κ2) is 11.5. The smallest absolute Gasteiger partial charge is 0.159 e. The molecule has 0 radical (unpaired) electrons. The van der Waals surface area contributed by atoms with Crippen molar-refractivity contribution in [1.82, 2.24) is 34.6 Å². The Morgan fingerprint density at radius 2 is 1.85 bits per heavy atom. The summed E-state index contributed by atoms with van der Waals surface area (Å²) < 4.78 is 2.22. The summed E-state index contributed by atoms with van der Waals surface area (Å²) >= 11 is 0. The topological polar surface area (TPSA) is 72.7 Å². The number of phenols is 1. The zero-order chi connectivity index (χ0) is 27.7. The van der Waals surface area contributed by atoms with Crippen LogP contribution in [0.1, 0.15) is 69.4 Å². The molecule has 0 bridgehead atoms. The molecule has 2 fully saturated rings. The van der Waals surface area contributed by atoms with Gasteiger partial charge in [0, 0.05) is 63.6 Å². The summed E-state index contributed by atoms with van der Waals surface area (Å²) in [5, 5.41) is 13.8. The van der Waals surface area contributed by atoms with Gasteiger partial charge < -0.3 is 15.0 Å². The van der Waals surface area contributed by atoms with Crippen LogP contribution in [0, 0.1) is 0 Å². The minimum Gasteiger partial charge on any atom is -0.508 e. The van der Waals surface area contributed by atoms with Gasteiger partial charge in [-0.15, -0.1) is 0 Å². The molecule has 2 saturated heterocycles. The third-order valence-electron chi connectivity index (χ3n) is 9.02. The van der Waals surface area contributed by atoms with E-state index in [1.54, 1.807) is 6.07 Å². The third kappa shape index (κ3) is 5.71. The number of imidazole rings is 1. The number of aromatic hydroxyl groups is 1. The standard InChI is InChI=1S/C31H47N7O/c1-7-9-28(38-19-22(2)33-23(3)20-38)30-34-27-16-24(18-32-29(27)36(30)6)21-37-14-12-31(13-15-37,35(4)5)25-10-8-11-26(39)17-25/h8,10-11,16-18,22-23,28,33,39H,7,9,12-15,19-21H2,1-6H3/t22-,23+,28-/m1/s1. The first-order valence-electron chi connectivity index (χ1n) is 14.7. The Morgan fingerprint density at radius 3 is 2.49 bits per heavy atom. The second-order valence-corrected chi connectivity index (χ2v) is 12.2. The van der Waals surface area contributed by atoms with E-state index in [0.29, 0.717) is 23.9 Å². The number of likely N-dealkylation sites (tertiary alicyclic amines) is 1. The van der Waals surface area contributed by atoms with Gasteiger partial charge in [-0.25, -0.2) is 9.97 Å². The number of aromatic nitrogens is 3. The highest BCUT2D eigenvalue weighted by atomic mass is 16.3. The van der Waals surface area contributed by atoms with Crippen LogP contribution in [-0.4, -0.2) is 86.7 Å². The Balaban J connectivity index is 1.32. The van der Waals surface area contributed by atoms with E-state index < -0.39 is 0 Å². The predicted octanol–water partition coefficient (Wildman–Crippen LogP) is 4.25. The summed E-state index contributed by atoms with van der Waals surface area (Å²) in [7, 11) is 6.44. The van der Waals surface area contributed by atoms with Crippen LogP contribution >= 0.6 is 0 Å². The molecule has 4 heterocycles.